The molecule has 378 valence electrons. The van der Waals surface area contributed by atoms with Crippen molar-refractivity contribution >= 4 is 97.8 Å². The molecule has 7 rings (SSSR count). The minimum atomic E-state index is -1.62. The predicted molar refractivity (Wildman–Crippen MR) is 297 cm³/mol. The zero-order valence-corrected chi connectivity index (χ0v) is 51.7. The van der Waals surface area contributed by atoms with Crippen molar-refractivity contribution < 1.29 is 55.0 Å². The molecule has 1 fully saturated rings. The van der Waals surface area contributed by atoms with Crippen LogP contribution in [-0.2, 0) is 30.5 Å². The van der Waals surface area contributed by atoms with Gasteiger partial charge < -0.3 is 46.6 Å². The first kappa shape index (κ1) is 72.1. The summed E-state index contributed by atoms with van der Waals surface area (Å²) >= 11 is 11.6. The van der Waals surface area contributed by atoms with E-state index in [0.29, 0.717) is 10.8 Å². The Balaban J connectivity index is -0.000000257. The molecule has 1 aliphatic heterocycles. The molecule has 6 nitrogen and oxygen atoms in total. The molecule has 0 spiro atoms. The summed E-state index contributed by atoms with van der Waals surface area (Å²) in [6.07, 6.45) is 2.56. The van der Waals surface area contributed by atoms with Crippen LogP contribution in [0.1, 0.15) is 78.0 Å². The van der Waals surface area contributed by atoms with Crippen LogP contribution in [0, 0.1) is 6.07 Å². The second-order valence-corrected chi connectivity index (χ2v) is 29.7. The monoisotopic (exact) mass is 1110 g/mol. The largest absolute Gasteiger partial charge is 2.00 e. The predicted octanol–water partition coefficient (Wildman–Crippen LogP) is 9.34. The number of hydrogen-bond acceptors (Lipinski definition) is 6. The van der Waals surface area contributed by atoms with E-state index in [-0.39, 0.29) is 90.6 Å². The van der Waals surface area contributed by atoms with E-state index in [1.165, 1.54) is 12.8 Å². The number of benzene rings is 6. The van der Waals surface area contributed by atoms with Crippen LogP contribution < -0.4 is 39.0 Å². The first-order valence-corrected chi connectivity index (χ1v) is 29.4. The van der Waals surface area contributed by atoms with E-state index in [2.05, 4.69) is 25.7 Å². The van der Waals surface area contributed by atoms with Gasteiger partial charge in [-0.05, 0) is 136 Å². The summed E-state index contributed by atoms with van der Waals surface area (Å²) in [6.45, 7) is 26.3. The van der Waals surface area contributed by atoms with Crippen LogP contribution >= 0.6 is 22.7 Å². The third kappa shape index (κ3) is 35.9. The molecule has 0 bridgehead atoms. The van der Waals surface area contributed by atoms with E-state index in [4.69, 9.17) is 41.6 Å². The maximum Gasteiger partial charge on any atom is 2.00 e. The summed E-state index contributed by atoms with van der Waals surface area (Å²) in [4.78, 5) is 3.26. The normalized spacial score (nSPS) is 11.9. The van der Waals surface area contributed by atoms with Gasteiger partial charge in [-0.3, -0.25) is 0 Å². The van der Waals surface area contributed by atoms with E-state index in [0.717, 1.165) is 44.3 Å². The van der Waals surface area contributed by atoms with E-state index in [1.807, 2.05) is 226 Å². The van der Waals surface area contributed by atoms with Crippen LogP contribution in [-0.4, -0.2) is 87.7 Å². The van der Waals surface area contributed by atoms with Crippen LogP contribution in [0.15, 0.2) is 183 Å². The van der Waals surface area contributed by atoms with Gasteiger partial charge in [-0.1, -0.05) is 114 Å². The van der Waals surface area contributed by atoms with Crippen LogP contribution in [0.2, 0.25) is 24.7 Å². The Bertz CT molecular complexity index is 2230. The molecule has 0 N–H and O–H groups in total. The van der Waals surface area contributed by atoms with Crippen LogP contribution in [0.25, 0.3) is 0 Å². The van der Waals surface area contributed by atoms with E-state index in [9.17, 15) is 8.42 Å². The van der Waals surface area contributed by atoms with Gasteiger partial charge in [-0.25, -0.2) is 4.21 Å². The van der Waals surface area contributed by atoms with Gasteiger partial charge in [0.15, 0.2) is 10.6 Å². The fourth-order valence-electron chi connectivity index (χ4n) is 5.11. The maximum atomic E-state index is 12.6. The van der Waals surface area contributed by atoms with E-state index in [1.54, 1.807) is 0 Å². The SMILES string of the molecule is C1CCOC1.CC(C)(C)Oc1[c-]cccc1.CC(C)(C)Oc1ccccc1Cl.CC(C)(C)Oc1ccccc1[SH+](=O)c1ccccc1.C[Si](C)(C)Cl.O=S(c1ccccc1)c1ccccc1.[Cl-].[Cl-].[H-].[H-].[Mg+2].[Mg+2]. The first-order valence-electron chi connectivity index (χ1n) is 22.1. The van der Waals surface area contributed by atoms with Crippen LogP contribution in [0.4, 0.5) is 0 Å². The van der Waals surface area contributed by atoms with Crippen molar-refractivity contribution in [2.75, 3.05) is 13.2 Å². The molecule has 0 aromatic heterocycles. The molecule has 1 heterocycles. The zero-order chi connectivity index (χ0) is 49.2. The average molecular weight is 1110 g/mol. The van der Waals surface area contributed by atoms with Crippen molar-refractivity contribution in [2.45, 2.75) is 131 Å². The standard InChI is InChI=1S/C16H18O2S.C12H10OS.C10H13ClO.C10H13O.C4H8O.C3H9ClSi.2ClH.2Mg.2H/c1-16(2,3)18-14-11-7-8-12-15(14)19(17)13-9-5-4-6-10-13;13-14(11-7-3-1-4-8-11)12-9-5-2-6-10-12;1-10(2,3)12-9-7-5-4-6-8(9)11;1-10(2,3)11-9-7-5-4-6-8-9;1-2-4-5-3-1;1-5(2,3)4;;;;;;/h4-12H,1-3H3;1-10H;4-7H,1-3H3;4-7H,1-3H3;1-4H2;1-3H3;2*1H;;;;/q;;;-1;;;;;2*+2;2*-1/p-1. The Morgan fingerprint density at radius 3 is 1.33 bits per heavy atom. The summed E-state index contributed by atoms with van der Waals surface area (Å²) in [5, 5.41) is 0.660. The summed E-state index contributed by atoms with van der Waals surface area (Å²) in [5.74, 6) is 2.24. The molecule has 0 saturated carbocycles. The molecule has 6 aromatic rings. The van der Waals surface area contributed by atoms with Gasteiger partial charge in [0.1, 0.15) is 35.1 Å². The number of para-hydroxylation sites is 3. The molecule has 1 unspecified atom stereocenters. The minimum absolute atomic E-state index is 0. The molecule has 0 amide bonds. The van der Waals surface area contributed by atoms with Crippen molar-refractivity contribution in [3.05, 3.63) is 175 Å². The van der Waals surface area contributed by atoms with Gasteiger partial charge >= 0.3 is 46.1 Å². The topological polar surface area (TPSA) is 71.1 Å². The van der Waals surface area contributed by atoms with Gasteiger partial charge in [-0.15, -0.1) is 12.1 Å². The second kappa shape index (κ2) is 37.6. The quantitative estimate of drug-likeness (QED) is 0.0523. The van der Waals surface area contributed by atoms with Crippen molar-refractivity contribution in [2.24, 2.45) is 0 Å². The fraction of sp³-hybridized carbons (Fsp3) is 0.345. The Labute approximate surface area is 484 Å². The third-order valence-corrected chi connectivity index (χ3v) is 10.9. The molecule has 1 aliphatic rings. The maximum absolute atomic E-state index is 12.6. The number of ether oxygens (including phenoxy) is 4. The number of thiol groups is 1. The summed E-state index contributed by atoms with van der Waals surface area (Å²) in [6, 6.07) is 54.1. The molecule has 15 heteroatoms. The zero-order valence-electron chi connectivity index (χ0n) is 45.1. The van der Waals surface area contributed by atoms with Gasteiger partial charge in [0, 0.05) is 28.8 Å². The number of rotatable bonds is 7. The smallest absolute Gasteiger partial charge is 1.00 e. The van der Waals surface area contributed by atoms with Crippen molar-refractivity contribution in [3.63, 3.8) is 0 Å². The third-order valence-electron chi connectivity index (χ3n) is 7.58. The molecular formula is C55H74Cl4Mg2O6S2Si. The van der Waals surface area contributed by atoms with Gasteiger partial charge in [0.25, 0.3) is 0 Å². The summed E-state index contributed by atoms with van der Waals surface area (Å²) in [7, 11) is -3.81. The second-order valence-electron chi connectivity index (χ2n) is 18.7. The first-order chi connectivity index (χ1) is 30.9. The minimum Gasteiger partial charge on any atom is -1.00 e. The van der Waals surface area contributed by atoms with Crippen LogP contribution in [0.5, 0.6) is 17.2 Å². The van der Waals surface area contributed by atoms with Gasteiger partial charge in [0.05, 0.1) is 21.4 Å². The fourth-order valence-corrected chi connectivity index (χ4v) is 7.62. The molecule has 1 atom stereocenters. The van der Waals surface area contributed by atoms with Gasteiger partial charge in [-0.2, -0.15) is 29.3 Å². The van der Waals surface area contributed by atoms with Gasteiger partial charge in [0.2, 0.25) is 4.90 Å². The number of hydrogen-bond donors (Lipinski definition) is 0. The molecule has 70 heavy (non-hydrogen) atoms. The van der Waals surface area contributed by atoms with Crippen molar-refractivity contribution in [1.82, 2.24) is 0 Å². The summed E-state index contributed by atoms with van der Waals surface area (Å²) < 4.78 is 46.6. The van der Waals surface area contributed by atoms with Crippen molar-refractivity contribution in [1.29, 1.82) is 0 Å². The van der Waals surface area contributed by atoms with Crippen molar-refractivity contribution in [3.8, 4) is 17.2 Å². The molecule has 6 aromatic carbocycles. The number of halogens is 4. The Hall–Kier alpha value is -2.11. The Morgan fingerprint density at radius 1 is 0.571 bits per heavy atom. The summed E-state index contributed by atoms with van der Waals surface area (Å²) in [5.41, 5.74) is -0.619. The van der Waals surface area contributed by atoms with Crippen LogP contribution in [0.3, 0.4) is 0 Å². The average Bonchev–Trinajstić information content (AvgIpc) is 3.85. The molecule has 0 radical (unpaired) electrons. The van der Waals surface area contributed by atoms with E-state index >= 15 is 0 Å². The Morgan fingerprint density at radius 2 is 0.943 bits per heavy atom. The van der Waals surface area contributed by atoms with E-state index < -0.39 is 29.0 Å². The molecule has 0 aliphatic carbocycles. The molecular weight excluding hydrogens is 1040 g/mol. The molecule has 1 saturated heterocycles. The Kier molecular flexibility index (Phi) is 38.7.